The number of nitrogens with zero attached hydrogens (tertiary/aromatic N) is 2. The number of carbonyl (C=O) groups excluding carboxylic acids is 1. The monoisotopic (exact) mass is 363 g/mol. The Bertz CT molecular complexity index is 921. The minimum Gasteiger partial charge on any atom is -0.321 e. The Morgan fingerprint density at radius 1 is 1.12 bits per heavy atom. The van der Waals surface area contributed by atoms with E-state index >= 15 is 0 Å². The molecule has 0 aromatic heterocycles. The number of benzene rings is 2. The van der Waals surface area contributed by atoms with Crippen LogP contribution in [0.3, 0.4) is 0 Å². The van der Waals surface area contributed by atoms with Crippen LogP contribution in [0.5, 0.6) is 0 Å². The van der Waals surface area contributed by atoms with Crippen LogP contribution in [-0.4, -0.2) is 37.6 Å². The van der Waals surface area contributed by atoms with Crippen molar-refractivity contribution >= 4 is 27.3 Å². The summed E-state index contributed by atoms with van der Waals surface area (Å²) in [4.78, 5) is 22.8. The van der Waals surface area contributed by atoms with E-state index in [0.29, 0.717) is 11.3 Å². The quantitative estimate of drug-likeness (QED) is 0.648. The van der Waals surface area contributed by atoms with Crippen LogP contribution in [0.2, 0.25) is 0 Å². The second-order valence-corrected chi connectivity index (χ2v) is 7.62. The van der Waals surface area contributed by atoms with Crippen LogP contribution in [0.25, 0.3) is 0 Å². The van der Waals surface area contributed by atoms with Gasteiger partial charge in [-0.15, -0.1) is 0 Å². The van der Waals surface area contributed by atoms with Gasteiger partial charge < -0.3 is 5.32 Å². The third kappa shape index (κ3) is 3.83. The standard InChI is InChI=1S/C16H17N3O5S/c1-11-14(5-4-6-15(11)19(21)22)17-16(20)12-7-9-13(10-8-12)25(23,24)18(2)3/h4-10H,1-3H3,(H,17,20). The first-order valence-corrected chi connectivity index (χ1v) is 8.66. The molecule has 0 aliphatic heterocycles. The minimum absolute atomic E-state index is 0.0700. The highest BCUT2D eigenvalue weighted by molar-refractivity contribution is 7.89. The van der Waals surface area contributed by atoms with Gasteiger partial charge in [-0.1, -0.05) is 6.07 Å². The summed E-state index contributed by atoms with van der Waals surface area (Å²) in [6.07, 6.45) is 0. The molecule has 2 rings (SSSR count). The van der Waals surface area contributed by atoms with Crippen molar-refractivity contribution < 1.29 is 18.1 Å². The van der Waals surface area contributed by atoms with Crippen molar-refractivity contribution in [3.63, 3.8) is 0 Å². The molecular weight excluding hydrogens is 346 g/mol. The number of hydrogen-bond acceptors (Lipinski definition) is 5. The molecule has 0 radical (unpaired) electrons. The molecule has 2 aromatic rings. The second-order valence-electron chi connectivity index (χ2n) is 5.47. The average Bonchev–Trinajstić information content (AvgIpc) is 2.56. The number of hydrogen-bond donors (Lipinski definition) is 1. The van der Waals surface area contributed by atoms with E-state index in [1.807, 2.05) is 0 Å². The Labute approximate surface area is 145 Å². The molecule has 0 saturated carbocycles. The molecule has 0 aliphatic rings. The van der Waals surface area contributed by atoms with E-state index in [1.54, 1.807) is 13.0 Å². The molecule has 0 atom stereocenters. The van der Waals surface area contributed by atoms with Gasteiger partial charge in [0, 0.05) is 25.7 Å². The molecule has 0 saturated heterocycles. The van der Waals surface area contributed by atoms with Gasteiger partial charge in [0.2, 0.25) is 10.0 Å². The summed E-state index contributed by atoms with van der Waals surface area (Å²) in [6, 6.07) is 9.84. The number of rotatable bonds is 5. The number of nitro benzene ring substituents is 1. The molecule has 9 heteroatoms. The molecule has 0 heterocycles. The van der Waals surface area contributed by atoms with Gasteiger partial charge in [0.15, 0.2) is 0 Å². The number of amides is 1. The summed E-state index contributed by atoms with van der Waals surface area (Å²) in [5, 5.41) is 13.5. The summed E-state index contributed by atoms with van der Waals surface area (Å²) in [6.45, 7) is 1.54. The lowest BCUT2D eigenvalue weighted by Gasteiger charge is -2.12. The Balaban J connectivity index is 2.26. The maximum absolute atomic E-state index is 12.3. The third-order valence-corrected chi connectivity index (χ3v) is 5.47. The van der Waals surface area contributed by atoms with E-state index in [2.05, 4.69) is 5.32 Å². The molecule has 0 unspecified atom stereocenters. The van der Waals surface area contributed by atoms with Crippen LogP contribution in [0, 0.1) is 17.0 Å². The van der Waals surface area contributed by atoms with Crippen molar-refractivity contribution in [1.82, 2.24) is 4.31 Å². The first-order valence-electron chi connectivity index (χ1n) is 7.22. The maximum atomic E-state index is 12.3. The Kier molecular flexibility index (Phi) is 5.19. The first kappa shape index (κ1) is 18.6. The van der Waals surface area contributed by atoms with Crippen molar-refractivity contribution in [2.45, 2.75) is 11.8 Å². The smallest absolute Gasteiger partial charge is 0.274 e. The average molecular weight is 363 g/mol. The van der Waals surface area contributed by atoms with Crippen LogP contribution in [0.15, 0.2) is 47.4 Å². The first-order chi connectivity index (χ1) is 11.6. The highest BCUT2D eigenvalue weighted by atomic mass is 32.2. The van der Waals surface area contributed by atoms with Crippen LogP contribution in [0.1, 0.15) is 15.9 Å². The van der Waals surface area contributed by atoms with Gasteiger partial charge in [0.1, 0.15) is 0 Å². The van der Waals surface area contributed by atoms with Gasteiger partial charge in [0.05, 0.1) is 21.1 Å². The summed E-state index contributed by atoms with van der Waals surface area (Å²) in [7, 11) is -0.738. The minimum atomic E-state index is -3.57. The fourth-order valence-corrected chi connectivity index (χ4v) is 3.04. The molecular formula is C16H17N3O5S. The zero-order chi connectivity index (χ0) is 18.8. The topological polar surface area (TPSA) is 110 Å². The van der Waals surface area contributed by atoms with Crippen LogP contribution in [-0.2, 0) is 10.0 Å². The van der Waals surface area contributed by atoms with E-state index in [9.17, 15) is 23.3 Å². The van der Waals surface area contributed by atoms with Gasteiger partial charge in [0.25, 0.3) is 11.6 Å². The number of nitrogens with one attached hydrogen (secondary N) is 1. The van der Waals surface area contributed by atoms with Crippen molar-refractivity contribution in [2.75, 3.05) is 19.4 Å². The van der Waals surface area contributed by atoms with Gasteiger partial charge in [-0.3, -0.25) is 14.9 Å². The van der Waals surface area contributed by atoms with E-state index < -0.39 is 20.9 Å². The highest BCUT2D eigenvalue weighted by Gasteiger charge is 2.18. The Hall–Kier alpha value is -2.78. The van der Waals surface area contributed by atoms with Crippen LogP contribution < -0.4 is 5.32 Å². The van der Waals surface area contributed by atoms with Gasteiger partial charge in [-0.2, -0.15) is 0 Å². The van der Waals surface area contributed by atoms with Crippen molar-refractivity contribution in [2.24, 2.45) is 0 Å². The lowest BCUT2D eigenvalue weighted by molar-refractivity contribution is -0.385. The Morgan fingerprint density at radius 3 is 2.24 bits per heavy atom. The van der Waals surface area contributed by atoms with Crippen molar-refractivity contribution in [1.29, 1.82) is 0 Å². The molecule has 132 valence electrons. The normalized spacial score (nSPS) is 11.4. The molecule has 0 bridgehead atoms. The van der Waals surface area contributed by atoms with Crippen molar-refractivity contribution in [3.8, 4) is 0 Å². The van der Waals surface area contributed by atoms with E-state index in [0.717, 1.165) is 4.31 Å². The molecule has 0 aliphatic carbocycles. The number of nitro groups is 1. The molecule has 25 heavy (non-hydrogen) atoms. The number of anilines is 1. The highest BCUT2D eigenvalue weighted by Crippen LogP contribution is 2.25. The number of sulfonamides is 1. The van der Waals surface area contributed by atoms with E-state index in [4.69, 9.17) is 0 Å². The van der Waals surface area contributed by atoms with Gasteiger partial charge >= 0.3 is 0 Å². The molecule has 8 nitrogen and oxygen atoms in total. The third-order valence-electron chi connectivity index (χ3n) is 3.65. The summed E-state index contributed by atoms with van der Waals surface area (Å²) >= 11 is 0. The fraction of sp³-hybridized carbons (Fsp3) is 0.188. The maximum Gasteiger partial charge on any atom is 0.274 e. The van der Waals surface area contributed by atoms with Crippen LogP contribution >= 0.6 is 0 Å². The predicted molar refractivity (Wildman–Crippen MR) is 93.1 cm³/mol. The molecule has 0 fully saturated rings. The van der Waals surface area contributed by atoms with Gasteiger partial charge in [-0.05, 0) is 37.3 Å². The second kappa shape index (κ2) is 6.99. The lowest BCUT2D eigenvalue weighted by atomic mass is 10.1. The van der Waals surface area contributed by atoms with Crippen molar-refractivity contribution in [3.05, 3.63) is 63.7 Å². The summed E-state index contributed by atoms with van der Waals surface area (Å²) in [5.41, 5.74) is 0.811. The molecule has 1 N–H and O–H groups in total. The largest absolute Gasteiger partial charge is 0.321 e. The summed E-state index contributed by atoms with van der Waals surface area (Å²) < 4.78 is 25.1. The molecule has 1 amide bonds. The van der Waals surface area contributed by atoms with Crippen LogP contribution in [0.4, 0.5) is 11.4 Å². The fourth-order valence-electron chi connectivity index (χ4n) is 2.14. The Morgan fingerprint density at radius 2 is 1.72 bits per heavy atom. The lowest BCUT2D eigenvalue weighted by Crippen LogP contribution is -2.22. The van der Waals surface area contributed by atoms with Gasteiger partial charge in [-0.25, -0.2) is 12.7 Å². The molecule has 2 aromatic carbocycles. The SMILES string of the molecule is Cc1c(NC(=O)c2ccc(S(=O)(=O)N(C)C)cc2)cccc1[N+](=O)[O-]. The summed E-state index contributed by atoms with van der Waals surface area (Å²) in [5.74, 6) is -0.489. The van der Waals surface area contributed by atoms with E-state index in [1.165, 1.54) is 50.5 Å². The number of carbonyl (C=O) groups is 1. The zero-order valence-corrected chi connectivity index (χ0v) is 14.7. The zero-order valence-electron chi connectivity index (χ0n) is 13.9. The molecule has 0 spiro atoms. The van der Waals surface area contributed by atoms with E-state index in [-0.39, 0.29) is 16.1 Å². The predicted octanol–water partition coefficient (Wildman–Crippen LogP) is 2.41.